The van der Waals surface area contributed by atoms with Crippen LogP contribution < -0.4 is 10.6 Å². The number of H-pyrrole nitrogens is 2. The molecule has 292 valence electrons. The van der Waals surface area contributed by atoms with Gasteiger partial charge in [0.1, 0.15) is 23.7 Å². The van der Waals surface area contributed by atoms with Crippen LogP contribution in [0.15, 0.2) is 60.9 Å². The Kier molecular flexibility index (Phi) is 12.2. The van der Waals surface area contributed by atoms with E-state index in [-0.39, 0.29) is 29.8 Å². The van der Waals surface area contributed by atoms with E-state index < -0.39 is 30.4 Å². The maximum atomic E-state index is 13.6. The van der Waals surface area contributed by atoms with Crippen molar-refractivity contribution in [1.82, 2.24) is 40.4 Å². The summed E-state index contributed by atoms with van der Waals surface area (Å²) in [5.41, 5.74) is 5.71. The molecule has 0 aliphatic carbocycles. The molecule has 4 amide bonds. The van der Waals surface area contributed by atoms with Crippen molar-refractivity contribution in [3.05, 3.63) is 72.6 Å². The highest BCUT2D eigenvalue weighted by molar-refractivity contribution is 5.87. The minimum Gasteiger partial charge on any atom is -0.453 e. The van der Waals surface area contributed by atoms with E-state index in [4.69, 9.17) is 14.2 Å². The first-order valence-electron chi connectivity index (χ1n) is 18.7. The maximum Gasteiger partial charge on any atom is 0.407 e. The van der Waals surface area contributed by atoms with Crippen molar-refractivity contribution < 1.29 is 33.4 Å². The predicted molar refractivity (Wildman–Crippen MR) is 204 cm³/mol. The zero-order valence-electron chi connectivity index (χ0n) is 32.1. The molecule has 2 saturated heterocycles. The number of imidazole rings is 2. The second kappa shape index (κ2) is 17.2. The fraction of sp³-hybridized carbons (Fsp3) is 0.450. The molecule has 0 spiro atoms. The first-order valence-corrected chi connectivity index (χ1v) is 18.7. The van der Waals surface area contributed by atoms with E-state index in [1.165, 1.54) is 21.3 Å². The maximum absolute atomic E-state index is 13.6. The van der Waals surface area contributed by atoms with Crippen molar-refractivity contribution >= 4 is 24.0 Å². The predicted octanol–water partition coefficient (Wildman–Crippen LogP) is 5.60. The van der Waals surface area contributed by atoms with Crippen LogP contribution in [0.2, 0.25) is 0 Å². The second-order valence-electron chi connectivity index (χ2n) is 14.3. The minimum atomic E-state index is -0.895. The molecule has 0 radical (unpaired) electrons. The smallest absolute Gasteiger partial charge is 0.407 e. The van der Waals surface area contributed by atoms with Gasteiger partial charge in [0.25, 0.3) is 0 Å². The molecule has 2 aromatic heterocycles. The number of aromatic nitrogens is 4. The van der Waals surface area contributed by atoms with Crippen molar-refractivity contribution in [3.63, 3.8) is 0 Å². The average molecular weight is 755 g/mol. The molecule has 15 heteroatoms. The number of likely N-dealkylation sites (tertiary alicyclic amines) is 2. The summed E-state index contributed by atoms with van der Waals surface area (Å²) in [6.07, 6.45) is 4.88. The number of hydrogen-bond acceptors (Lipinski definition) is 9. The van der Waals surface area contributed by atoms with Crippen molar-refractivity contribution in [2.45, 2.75) is 76.7 Å². The van der Waals surface area contributed by atoms with Crippen LogP contribution in [0.25, 0.3) is 33.6 Å². The van der Waals surface area contributed by atoms with Crippen LogP contribution in [0.3, 0.4) is 0 Å². The molecule has 4 N–H and O–H groups in total. The number of carbonyl (C=O) groups excluding carboxylic acids is 4. The number of alkyl carbamates (subject to hydrolysis) is 2. The van der Waals surface area contributed by atoms with E-state index in [0.717, 1.165) is 65.1 Å². The molecule has 15 nitrogen and oxygen atoms in total. The lowest BCUT2D eigenvalue weighted by Gasteiger charge is -2.30. The standard InChI is InChI=1S/C40H50N8O7/c1-23(2)33(45-39(51)54-5)37(49)47-19-7-9-31(47)35-41-21-29(43-35)27-15-11-25(12-16-27)26-13-17-28(18-14-26)30-22-42-36(44-30)32-10-8-20-48(32)38(50)34(24(3)53-4)46-40(52)55-6/h11-18,21-24,31-34H,7-10,19-20H2,1-6H3,(H,41,43)(H,42,44)(H,45,51)(H,46,52)/t24-,31+,32+,33+,34+/m1/s1. The Morgan fingerprint density at radius 3 is 1.45 bits per heavy atom. The van der Waals surface area contributed by atoms with Crippen LogP contribution in [-0.4, -0.2) is 106 Å². The van der Waals surface area contributed by atoms with E-state index in [0.29, 0.717) is 18.9 Å². The van der Waals surface area contributed by atoms with Crippen molar-refractivity contribution in [1.29, 1.82) is 0 Å². The van der Waals surface area contributed by atoms with Gasteiger partial charge in [0.2, 0.25) is 11.8 Å². The molecule has 6 rings (SSSR count). The van der Waals surface area contributed by atoms with Gasteiger partial charge in [-0.1, -0.05) is 62.4 Å². The Labute approximate surface area is 320 Å². The van der Waals surface area contributed by atoms with Gasteiger partial charge in [-0.3, -0.25) is 9.59 Å². The van der Waals surface area contributed by atoms with E-state index >= 15 is 0 Å². The molecule has 2 aromatic carbocycles. The van der Waals surface area contributed by atoms with Gasteiger partial charge in [0, 0.05) is 20.2 Å². The van der Waals surface area contributed by atoms with E-state index in [2.05, 4.69) is 54.8 Å². The van der Waals surface area contributed by atoms with Gasteiger partial charge in [-0.05, 0) is 60.8 Å². The molecular weight excluding hydrogens is 704 g/mol. The first kappa shape index (κ1) is 39.0. The molecule has 4 aromatic rings. The second-order valence-corrected chi connectivity index (χ2v) is 14.3. The fourth-order valence-corrected chi connectivity index (χ4v) is 7.38. The van der Waals surface area contributed by atoms with Gasteiger partial charge in [-0.15, -0.1) is 0 Å². The minimum absolute atomic E-state index is 0.108. The molecule has 0 bridgehead atoms. The molecule has 2 aliphatic heterocycles. The van der Waals surface area contributed by atoms with Gasteiger partial charge in [-0.2, -0.15) is 0 Å². The summed E-state index contributed by atoms with van der Waals surface area (Å²) < 4.78 is 14.9. The lowest BCUT2D eigenvalue weighted by atomic mass is 10.0. The largest absolute Gasteiger partial charge is 0.453 e. The van der Waals surface area contributed by atoms with Crippen LogP contribution in [0.4, 0.5) is 9.59 Å². The van der Waals surface area contributed by atoms with Gasteiger partial charge in [0.05, 0.1) is 56.2 Å². The summed E-state index contributed by atoms with van der Waals surface area (Å²) >= 11 is 0. The quantitative estimate of drug-likeness (QED) is 0.143. The fourth-order valence-electron chi connectivity index (χ4n) is 7.38. The van der Waals surface area contributed by atoms with Crippen LogP contribution >= 0.6 is 0 Å². The molecule has 5 atom stereocenters. The number of benzene rings is 2. The number of carbonyl (C=O) groups is 4. The van der Waals surface area contributed by atoms with E-state index in [1.807, 2.05) is 38.1 Å². The highest BCUT2D eigenvalue weighted by Crippen LogP contribution is 2.35. The Morgan fingerprint density at radius 1 is 0.655 bits per heavy atom. The monoisotopic (exact) mass is 754 g/mol. The molecule has 4 heterocycles. The summed E-state index contributed by atoms with van der Waals surface area (Å²) in [7, 11) is 4.04. The molecule has 55 heavy (non-hydrogen) atoms. The number of nitrogens with zero attached hydrogens (tertiary/aromatic N) is 4. The third kappa shape index (κ3) is 8.51. The Morgan fingerprint density at radius 2 is 1.05 bits per heavy atom. The summed E-state index contributed by atoms with van der Waals surface area (Å²) in [6.45, 7) is 6.66. The lowest BCUT2D eigenvalue weighted by molar-refractivity contribution is -0.137. The Bertz CT molecular complexity index is 1960. The van der Waals surface area contributed by atoms with E-state index in [1.54, 1.807) is 29.1 Å². The Balaban J connectivity index is 1.11. The van der Waals surface area contributed by atoms with Crippen LogP contribution in [0, 0.1) is 5.92 Å². The number of aromatic amines is 2. The summed E-state index contributed by atoms with van der Waals surface area (Å²) in [5, 5.41) is 5.31. The number of rotatable bonds is 12. The van der Waals surface area contributed by atoms with Crippen LogP contribution in [-0.2, 0) is 23.8 Å². The molecule has 0 saturated carbocycles. The van der Waals surface area contributed by atoms with Gasteiger partial charge in [0.15, 0.2) is 0 Å². The van der Waals surface area contributed by atoms with Crippen molar-refractivity contribution in [2.75, 3.05) is 34.4 Å². The topological polar surface area (TPSA) is 184 Å². The molecule has 2 aliphatic rings. The molecule has 2 fully saturated rings. The SMILES string of the molecule is COC(=O)N[C@H](C(=O)N1CCC[C@H]1c1ncc(-c2ccc(-c3ccc(-c4cnc([C@@H]5CCCN5C(=O)[C@@H](NC(=O)OC)[C@@H](C)OC)[nH]4)cc3)cc2)[nH]1)C(C)C. The number of hydrogen-bond donors (Lipinski definition) is 4. The Hall–Kier alpha value is -5.70. The van der Waals surface area contributed by atoms with Crippen molar-refractivity contribution in [2.24, 2.45) is 5.92 Å². The number of amides is 4. The highest BCUT2D eigenvalue weighted by Gasteiger charge is 2.39. The average Bonchev–Trinajstić information content (AvgIpc) is 4.05. The first-order chi connectivity index (χ1) is 26.5. The number of nitrogens with one attached hydrogen (secondary N) is 4. The third-order valence-electron chi connectivity index (χ3n) is 10.6. The number of methoxy groups -OCH3 is 3. The van der Waals surface area contributed by atoms with Gasteiger partial charge < -0.3 is 44.6 Å². The van der Waals surface area contributed by atoms with Crippen LogP contribution in [0.1, 0.15) is 70.2 Å². The van der Waals surface area contributed by atoms with E-state index in [9.17, 15) is 19.2 Å². The van der Waals surface area contributed by atoms with Gasteiger partial charge >= 0.3 is 12.2 Å². The lowest BCUT2D eigenvalue weighted by Crippen LogP contribution is -2.54. The highest BCUT2D eigenvalue weighted by atomic mass is 16.5. The van der Waals surface area contributed by atoms with Gasteiger partial charge in [-0.25, -0.2) is 19.6 Å². The third-order valence-corrected chi connectivity index (χ3v) is 10.6. The summed E-state index contributed by atoms with van der Waals surface area (Å²) in [5.74, 6) is 0.905. The normalized spacial score (nSPS) is 18.5. The molecular formula is C40H50N8O7. The molecule has 0 unspecified atom stereocenters. The summed E-state index contributed by atoms with van der Waals surface area (Å²) in [4.78, 5) is 70.8. The zero-order valence-corrected chi connectivity index (χ0v) is 32.1. The zero-order chi connectivity index (χ0) is 39.2. The number of ether oxygens (including phenoxy) is 3. The summed E-state index contributed by atoms with van der Waals surface area (Å²) in [6, 6.07) is 14.4. The van der Waals surface area contributed by atoms with Crippen LogP contribution in [0.5, 0.6) is 0 Å². The van der Waals surface area contributed by atoms with Crippen molar-refractivity contribution in [3.8, 4) is 33.6 Å².